The van der Waals surface area contributed by atoms with Gasteiger partial charge in [-0.15, -0.1) is 0 Å². The van der Waals surface area contributed by atoms with Crippen molar-refractivity contribution in [2.45, 2.75) is 27.2 Å². The molecule has 0 radical (unpaired) electrons. The summed E-state index contributed by atoms with van der Waals surface area (Å²) in [4.78, 5) is 22.3. The summed E-state index contributed by atoms with van der Waals surface area (Å²) in [5.41, 5.74) is 8.48. The third-order valence-electron chi connectivity index (χ3n) is 4.63. The number of aryl methyl sites for hydroxylation is 2. The molecule has 1 N–H and O–H groups in total. The van der Waals surface area contributed by atoms with Gasteiger partial charge < -0.3 is 4.57 Å². The molecular formula is C22H22N4O3. The maximum Gasteiger partial charge on any atom is 0.269 e. The van der Waals surface area contributed by atoms with Gasteiger partial charge in [0.05, 0.1) is 17.6 Å². The lowest BCUT2D eigenvalue weighted by Gasteiger charge is -2.10. The lowest BCUT2D eigenvalue weighted by molar-refractivity contribution is -0.384. The van der Waals surface area contributed by atoms with Crippen LogP contribution in [-0.2, 0) is 11.2 Å². The lowest BCUT2D eigenvalue weighted by atomic mass is 10.1. The van der Waals surface area contributed by atoms with E-state index in [0.29, 0.717) is 5.56 Å². The molecule has 0 aliphatic carbocycles. The highest BCUT2D eigenvalue weighted by atomic mass is 16.6. The molecule has 0 atom stereocenters. The first-order valence-electron chi connectivity index (χ1n) is 9.16. The van der Waals surface area contributed by atoms with Crippen molar-refractivity contribution in [1.29, 1.82) is 0 Å². The fourth-order valence-electron chi connectivity index (χ4n) is 3.22. The Labute approximate surface area is 168 Å². The van der Waals surface area contributed by atoms with E-state index in [9.17, 15) is 14.9 Å². The molecule has 3 aromatic rings. The summed E-state index contributed by atoms with van der Waals surface area (Å²) in [5.74, 6) is -0.289. The maximum atomic E-state index is 12.1. The van der Waals surface area contributed by atoms with Crippen molar-refractivity contribution in [2.75, 3.05) is 0 Å². The molecule has 7 nitrogen and oxygen atoms in total. The number of nitrogens with one attached hydrogen (secondary N) is 1. The van der Waals surface area contributed by atoms with Crippen molar-refractivity contribution >= 4 is 17.8 Å². The van der Waals surface area contributed by atoms with Crippen LogP contribution < -0.4 is 5.43 Å². The van der Waals surface area contributed by atoms with Crippen molar-refractivity contribution in [3.63, 3.8) is 0 Å². The molecule has 1 heterocycles. The number of hydrogen-bond donors (Lipinski definition) is 1. The number of hydrogen-bond acceptors (Lipinski definition) is 4. The fraction of sp³-hybridized carbons (Fsp3) is 0.182. The van der Waals surface area contributed by atoms with Crippen LogP contribution in [0.3, 0.4) is 0 Å². The largest absolute Gasteiger partial charge is 0.318 e. The number of hydrazone groups is 1. The number of carbonyl (C=O) groups excluding carboxylic acids is 1. The molecule has 0 aliphatic rings. The molecule has 7 heteroatoms. The number of benzene rings is 2. The quantitative estimate of drug-likeness (QED) is 0.392. The second kappa shape index (κ2) is 8.52. The van der Waals surface area contributed by atoms with Crippen LogP contribution in [0.15, 0.2) is 59.7 Å². The minimum absolute atomic E-state index is 0.00357. The van der Waals surface area contributed by atoms with E-state index < -0.39 is 4.92 Å². The maximum absolute atomic E-state index is 12.1. The number of nitrogens with zero attached hydrogens (tertiary/aromatic N) is 3. The van der Waals surface area contributed by atoms with Crippen molar-refractivity contribution in [1.82, 2.24) is 9.99 Å². The summed E-state index contributed by atoms with van der Waals surface area (Å²) in [7, 11) is 0. The molecule has 0 unspecified atom stereocenters. The van der Waals surface area contributed by atoms with E-state index in [1.165, 1.54) is 17.7 Å². The SMILES string of the molecule is Cc1cccc(-n2c(C)cc(/C=N\NC(=O)Cc3ccc([N+](=O)[O-])cc3)c2C)c1. The predicted octanol–water partition coefficient (Wildman–Crippen LogP) is 4.00. The summed E-state index contributed by atoms with van der Waals surface area (Å²) in [6.07, 6.45) is 1.72. The van der Waals surface area contributed by atoms with E-state index >= 15 is 0 Å². The molecule has 0 fully saturated rings. The Kier molecular flexibility index (Phi) is 5.87. The van der Waals surface area contributed by atoms with Crippen LogP contribution in [0.1, 0.15) is 28.1 Å². The topological polar surface area (TPSA) is 89.5 Å². The van der Waals surface area contributed by atoms with Gasteiger partial charge >= 0.3 is 0 Å². The molecule has 0 saturated heterocycles. The molecule has 29 heavy (non-hydrogen) atoms. The van der Waals surface area contributed by atoms with Crippen LogP contribution in [0.25, 0.3) is 5.69 Å². The highest BCUT2D eigenvalue weighted by Crippen LogP contribution is 2.20. The van der Waals surface area contributed by atoms with E-state index in [2.05, 4.69) is 40.2 Å². The second-order valence-electron chi connectivity index (χ2n) is 6.89. The van der Waals surface area contributed by atoms with E-state index in [1.807, 2.05) is 26.0 Å². The Morgan fingerprint density at radius 2 is 1.86 bits per heavy atom. The highest BCUT2D eigenvalue weighted by Gasteiger charge is 2.10. The first-order valence-corrected chi connectivity index (χ1v) is 9.16. The van der Waals surface area contributed by atoms with Crippen LogP contribution in [0.5, 0.6) is 0 Å². The highest BCUT2D eigenvalue weighted by molar-refractivity contribution is 5.84. The number of carbonyl (C=O) groups is 1. The minimum atomic E-state index is -0.471. The number of amides is 1. The average molecular weight is 390 g/mol. The van der Waals surface area contributed by atoms with E-state index in [0.717, 1.165) is 22.6 Å². The Morgan fingerprint density at radius 1 is 1.14 bits per heavy atom. The molecule has 0 bridgehead atoms. The van der Waals surface area contributed by atoms with Gasteiger partial charge in [0.1, 0.15) is 0 Å². The normalized spacial score (nSPS) is 11.0. The summed E-state index contributed by atoms with van der Waals surface area (Å²) in [5, 5.41) is 14.7. The lowest BCUT2D eigenvalue weighted by Crippen LogP contribution is -2.19. The standard InChI is InChI=1S/C22H22N4O3/c1-15-5-4-6-21(11-15)25-16(2)12-19(17(25)3)14-23-24-22(27)13-18-7-9-20(10-8-18)26(28)29/h4-12,14H,13H2,1-3H3,(H,24,27)/b23-14-. The minimum Gasteiger partial charge on any atom is -0.318 e. The van der Waals surface area contributed by atoms with E-state index in [1.54, 1.807) is 18.3 Å². The average Bonchev–Trinajstić information content (AvgIpc) is 2.95. The third kappa shape index (κ3) is 4.76. The molecule has 3 rings (SSSR count). The monoisotopic (exact) mass is 390 g/mol. The molecule has 1 amide bonds. The fourth-order valence-corrected chi connectivity index (χ4v) is 3.22. The molecule has 2 aromatic carbocycles. The Balaban J connectivity index is 1.66. The van der Waals surface area contributed by atoms with Crippen LogP contribution in [-0.4, -0.2) is 21.6 Å². The van der Waals surface area contributed by atoms with E-state index in [4.69, 9.17) is 0 Å². The van der Waals surface area contributed by atoms with Crippen molar-refractivity contribution in [3.8, 4) is 5.69 Å². The van der Waals surface area contributed by atoms with Gasteiger partial charge in [-0.25, -0.2) is 5.43 Å². The van der Waals surface area contributed by atoms with Crippen LogP contribution in [0.4, 0.5) is 5.69 Å². The zero-order chi connectivity index (χ0) is 21.0. The first kappa shape index (κ1) is 20.0. The van der Waals surface area contributed by atoms with Gasteiger partial charge in [0.15, 0.2) is 0 Å². The molecule has 148 valence electrons. The summed E-state index contributed by atoms with van der Waals surface area (Å²) < 4.78 is 2.15. The summed E-state index contributed by atoms with van der Waals surface area (Å²) >= 11 is 0. The molecule has 1 aromatic heterocycles. The number of aromatic nitrogens is 1. The van der Waals surface area contributed by atoms with Crippen LogP contribution >= 0.6 is 0 Å². The molecule has 0 aliphatic heterocycles. The Morgan fingerprint density at radius 3 is 2.52 bits per heavy atom. The van der Waals surface area contributed by atoms with Gasteiger partial charge in [-0.3, -0.25) is 14.9 Å². The Hall–Kier alpha value is -3.74. The number of non-ortho nitro benzene ring substituents is 1. The summed E-state index contributed by atoms with van der Waals surface area (Å²) in [6.45, 7) is 6.09. The predicted molar refractivity (Wildman–Crippen MR) is 113 cm³/mol. The van der Waals surface area contributed by atoms with Gasteiger partial charge in [0.2, 0.25) is 5.91 Å². The second-order valence-corrected chi connectivity index (χ2v) is 6.89. The number of nitro benzene ring substituents is 1. The number of rotatable bonds is 6. The smallest absolute Gasteiger partial charge is 0.269 e. The van der Waals surface area contributed by atoms with Crippen molar-refractivity contribution < 1.29 is 9.72 Å². The van der Waals surface area contributed by atoms with Crippen LogP contribution in [0.2, 0.25) is 0 Å². The Bertz CT molecular complexity index is 1080. The van der Waals surface area contributed by atoms with Crippen LogP contribution in [0, 0.1) is 30.9 Å². The van der Waals surface area contributed by atoms with Gasteiger partial charge in [0.25, 0.3) is 5.69 Å². The zero-order valence-electron chi connectivity index (χ0n) is 16.5. The van der Waals surface area contributed by atoms with Gasteiger partial charge in [-0.2, -0.15) is 5.10 Å². The summed E-state index contributed by atoms with van der Waals surface area (Å²) in [6, 6.07) is 16.2. The molecule has 0 spiro atoms. The first-order chi connectivity index (χ1) is 13.8. The van der Waals surface area contributed by atoms with Gasteiger partial charge in [0, 0.05) is 34.8 Å². The third-order valence-corrected chi connectivity index (χ3v) is 4.63. The van der Waals surface area contributed by atoms with Gasteiger partial charge in [-0.05, 0) is 50.1 Å². The van der Waals surface area contributed by atoms with E-state index in [-0.39, 0.29) is 18.0 Å². The molecule has 0 saturated carbocycles. The zero-order valence-corrected chi connectivity index (χ0v) is 16.5. The number of nitro groups is 1. The van der Waals surface area contributed by atoms with Crippen molar-refractivity contribution in [2.24, 2.45) is 5.10 Å². The van der Waals surface area contributed by atoms with Crippen molar-refractivity contribution in [3.05, 3.63) is 92.8 Å². The molecular weight excluding hydrogens is 368 g/mol. The van der Waals surface area contributed by atoms with Gasteiger partial charge in [-0.1, -0.05) is 24.3 Å².